The fourth-order valence-corrected chi connectivity index (χ4v) is 11.6. The monoisotopic (exact) mass is 914 g/mol. The van der Waals surface area contributed by atoms with Gasteiger partial charge < -0.3 is 28.7 Å². The highest BCUT2D eigenvalue weighted by Gasteiger charge is 2.30. The van der Waals surface area contributed by atoms with Crippen molar-refractivity contribution < 1.29 is 35.8 Å². The Morgan fingerprint density at radius 3 is 1.17 bits per heavy atom. The van der Waals surface area contributed by atoms with E-state index >= 15 is 0 Å². The van der Waals surface area contributed by atoms with E-state index in [1.807, 2.05) is 12.1 Å². The molecule has 6 aliphatic rings. The third-order valence-electron chi connectivity index (χ3n) is 13.4. The minimum absolute atomic E-state index is 0.398. The maximum atomic E-state index is 11.7. The molecule has 4 fully saturated rings. The van der Waals surface area contributed by atoms with Gasteiger partial charge in [0.15, 0.2) is 23.0 Å². The number of hydrogen-bond donors (Lipinski definition) is 0. The van der Waals surface area contributed by atoms with Crippen LogP contribution in [0.4, 0.5) is 11.4 Å². The average molecular weight is 915 g/mol. The topological polar surface area (TPSA) is 125 Å². The van der Waals surface area contributed by atoms with Gasteiger partial charge >= 0.3 is 0 Å². The van der Waals surface area contributed by atoms with Crippen molar-refractivity contribution in [3.05, 3.63) is 107 Å². The molecule has 0 saturated carbocycles. The van der Waals surface area contributed by atoms with Gasteiger partial charge in [-0.2, -0.15) is 8.61 Å². The fourth-order valence-electron chi connectivity index (χ4n) is 9.97. The summed E-state index contributed by atoms with van der Waals surface area (Å²) in [5, 5.41) is 0. The summed E-state index contributed by atoms with van der Waals surface area (Å²) in [5.74, 6) is 3.41. The number of piperazine rings is 2. The first-order valence-electron chi connectivity index (χ1n) is 22.8. The van der Waals surface area contributed by atoms with Crippen LogP contribution >= 0.6 is 0 Å². The molecule has 0 amide bonds. The number of benzene rings is 4. The smallest absolute Gasteiger partial charge is 0.211 e. The Balaban J connectivity index is 0.000000162. The van der Waals surface area contributed by atoms with E-state index in [0.717, 1.165) is 99.6 Å². The number of anilines is 2. The summed E-state index contributed by atoms with van der Waals surface area (Å²) in [6.45, 7) is 11.6. The van der Waals surface area contributed by atoms with Crippen molar-refractivity contribution in [3.63, 3.8) is 0 Å². The van der Waals surface area contributed by atoms with E-state index in [-0.39, 0.29) is 0 Å². The van der Waals surface area contributed by atoms with Gasteiger partial charge in [-0.15, -0.1) is 0 Å². The molecule has 16 heteroatoms. The lowest BCUT2D eigenvalue weighted by atomic mass is 10.0. The molecule has 4 aromatic carbocycles. The number of sulfonamides is 2. The van der Waals surface area contributed by atoms with Crippen molar-refractivity contribution in [2.75, 3.05) is 114 Å². The summed E-state index contributed by atoms with van der Waals surface area (Å²) in [5.41, 5.74) is 7.51. The fraction of sp³-hybridized carbons (Fsp3) is 0.500. The van der Waals surface area contributed by atoms with Crippen molar-refractivity contribution in [1.82, 2.24) is 18.4 Å². The second-order valence-corrected chi connectivity index (χ2v) is 21.7. The van der Waals surface area contributed by atoms with Crippen LogP contribution in [0.3, 0.4) is 0 Å². The van der Waals surface area contributed by atoms with Gasteiger partial charge in [0, 0.05) is 88.9 Å². The lowest BCUT2D eigenvalue weighted by Gasteiger charge is -2.34. The zero-order valence-corrected chi connectivity index (χ0v) is 38.8. The van der Waals surface area contributed by atoms with Crippen LogP contribution < -0.4 is 28.7 Å². The van der Waals surface area contributed by atoms with Gasteiger partial charge in [-0.3, -0.25) is 9.80 Å². The highest BCUT2D eigenvalue weighted by Crippen LogP contribution is 2.40. The SMILES string of the molecule is CS(=O)(=O)N1CCN(c2ccc(CN3CCC[C@@H]3c3ccc4c(c3)OCCO4)cc2)CC1.CS(=O)(=O)N1CCN(c2ccc(CN3CCC[C@H]3c3ccc4c(c3)OCCO4)cc2)CC1. The van der Waals surface area contributed by atoms with Crippen molar-refractivity contribution in [2.45, 2.75) is 50.9 Å². The minimum Gasteiger partial charge on any atom is -0.486 e. The molecule has 0 bridgehead atoms. The molecule has 0 aliphatic carbocycles. The summed E-state index contributed by atoms with van der Waals surface area (Å²) in [4.78, 5) is 9.62. The number of nitrogens with zero attached hydrogens (tertiary/aromatic N) is 6. The quantitative estimate of drug-likeness (QED) is 0.193. The van der Waals surface area contributed by atoms with Crippen molar-refractivity contribution in [2.24, 2.45) is 0 Å². The normalized spacial score (nSPS) is 22.3. The zero-order valence-electron chi connectivity index (χ0n) is 37.1. The van der Waals surface area contributed by atoms with E-state index in [4.69, 9.17) is 18.9 Å². The first kappa shape index (κ1) is 44.6. The first-order valence-corrected chi connectivity index (χ1v) is 26.5. The molecule has 64 heavy (non-hydrogen) atoms. The number of rotatable bonds is 10. The van der Waals surface area contributed by atoms with Crippen molar-refractivity contribution >= 4 is 31.4 Å². The molecule has 0 spiro atoms. The highest BCUT2D eigenvalue weighted by atomic mass is 32.2. The van der Waals surface area contributed by atoms with Crippen LogP contribution in [0.5, 0.6) is 23.0 Å². The van der Waals surface area contributed by atoms with Gasteiger partial charge in [-0.25, -0.2) is 16.8 Å². The molecule has 344 valence electrons. The van der Waals surface area contributed by atoms with Crippen molar-refractivity contribution in [1.29, 1.82) is 0 Å². The maximum Gasteiger partial charge on any atom is 0.211 e. The summed E-state index contributed by atoms with van der Waals surface area (Å²) < 4.78 is 73.0. The lowest BCUT2D eigenvalue weighted by Crippen LogP contribution is -2.48. The Kier molecular flexibility index (Phi) is 13.6. The molecule has 4 saturated heterocycles. The molecule has 14 nitrogen and oxygen atoms in total. The molecular weight excluding hydrogens is 853 g/mol. The second-order valence-electron chi connectivity index (χ2n) is 17.7. The Labute approximate surface area is 379 Å². The predicted molar refractivity (Wildman–Crippen MR) is 250 cm³/mol. The summed E-state index contributed by atoms with van der Waals surface area (Å²) >= 11 is 0. The molecule has 2 atom stereocenters. The molecule has 0 radical (unpaired) electrons. The number of likely N-dealkylation sites (tertiary alicyclic amines) is 2. The summed E-state index contributed by atoms with van der Waals surface area (Å²) in [6.07, 6.45) is 7.27. The molecule has 0 N–H and O–H groups in total. The molecule has 6 heterocycles. The van der Waals surface area contributed by atoms with Gasteiger partial charge in [0.1, 0.15) is 26.4 Å². The van der Waals surface area contributed by atoms with Crippen LogP contribution in [0, 0.1) is 0 Å². The van der Waals surface area contributed by atoms with Gasteiger partial charge in [0.2, 0.25) is 20.0 Å². The standard InChI is InChI=1S/2C24H31N3O4S/c2*1-32(28,29)27-13-11-25(12-14-27)21-7-4-19(5-8-21)18-26-10-2-3-22(26)20-6-9-23-24(17-20)31-16-15-30-23/h2*4-9,17,22H,2-3,10-16,18H2,1H3/t2*22-/m10/s1. The van der Waals surface area contributed by atoms with Crippen molar-refractivity contribution in [3.8, 4) is 23.0 Å². The average Bonchev–Trinajstić information content (AvgIpc) is 3.99. The van der Waals surface area contributed by atoms with E-state index in [2.05, 4.69) is 92.4 Å². The third kappa shape index (κ3) is 10.6. The van der Waals surface area contributed by atoms with Gasteiger partial charge in [-0.1, -0.05) is 36.4 Å². The molecule has 6 aliphatic heterocycles. The van der Waals surface area contributed by atoms with Crippen LogP contribution in [0.15, 0.2) is 84.9 Å². The van der Waals surface area contributed by atoms with E-state index in [1.165, 1.54) is 47.6 Å². The van der Waals surface area contributed by atoms with Crippen LogP contribution in [-0.2, 0) is 33.1 Å². The van der Waals surface area contributed by atoms with Gasteiger partial charge in [0.05, 0.1) is 12.5 Å². The van der Waals surface area contributed by atoms with Gasteiger partial charge in [0.25, 0.3) is 0 Å². The van der Waals surface area contributed by atoms with Crippen LogP contribution in [0.1, 0.15) is 60.0 Å². The molecule has 0 aromatic heterocycles. The zero-order chi connectivity index (χ0) is 44.3. The minimum atomic E-state index is -3.10. The molecular formula is C48H62N6O8S2. The van der Waals surface area contributed by atoms with E-state index in [9.17, 15) is 16.8 Å². The molecule has 4 aromatic rings. The highest BCUT2D eigenvalue weighted by molar-refractivity contribution is 7.88. The molecule has 10 rings (SSSR count). The van der Waals surface area contributed by atoms with E-state index in [1.54, 1.807) is 8.61 Å². The summed E-state index contributed by atoms with van der Waals surface area (Å²) in [7, 11) is -6.20. The predicted octanol–water partition coefficient (Wildman–Crippen LogP) is 5.75. The lowest BCUT2D eigenvalue weighted by molar-refractivity contribution is 0.170. The van der Waals surface area contributed by atoms with Crippen LogP contribution in [-0.4, -0.2) is 140 Å². The number of ether oxygens (including phenoxy) is 4. The Morgan fingerprint density at radius 1 is 0.453 bits per heavy atom. The van der Waals surface area contributed by atoms with Gasteiger partial charge in [-0.05, 0) is 110 Å². The van der Waals surface area contributed by atoms with E-state index in [0.29, 0.717) is 64.7 Å². The van der Waals surface area contributed by atoms with Crippen LogP contribution in [0.2, 0.25) is 0 Å². The first-order chi connectivity index (χ1) is 30.9. The van der Waals surface area contributed by atoms with Crippen LogP contribution in [0.25, 0.3) is 0 Å². The second kappa shape index (κ2) is 19.5. The van der Waals surface area contributed by atoms with E-state index < -0.39 is 20.0 Å². The Morgan fingerprint density at radius 2 is 0.812 bits per heavy atom. The number of hydrogen-bond acceptors (Lipinski definition) is 12. The largest absolute Gasteiger partial charge is 0.486 e. The Bertz CT molecular complexity index is 2270. The summed E-state index contributed by atoms with van der Waals surface area (Å²) in [6, 6.07) is 31.0. The third-order valence-corrected chi connectivity index (χ3v) is 16.0. The number of fused-ring (bicyclic) bond motifs is 2. The Hall–Kier alpha value is -4.58. The molecule has 0 unspecified atom stereocenters. The maximum absolute atomic E-state index is 11.7.